The maximum absolute atomic E-state index is 14.8. The number of carboxylic acids is 1. The summed E-state index contributed by atoms with van der Waals surface area (Å²) in [4.78, 5) is 49.4. The van der Waals surface area contributed by atoms with Crippen molar-refractivity contribution in [2.45, 2.75) is 142 Å². The lowest BCUT2D eigenvalue weighted by atomic mass is 10.1. The zero-order valence-electron chi connectivity index (χ0n) is 40.2. The van der Waals surface area contributed by atoms with Crippen molar-refractivity contribution < 1.29 is 52.4 Å². The van der Waals surface area contributed by atoms with E-state index in [0.29, 0.717) is 36.0 Å². The molecule has 11 heteroatoms. The lowest BCUT2D eigenvalue weighted by molar-refractivity contribution is -0.137. The van der Waals surface area contributed by atoms with Crippen LogP contribution in [0.15, 0.2) is 115 Å². The van der Waals surface area contributed by atoms with E-state index in [1.165, 1.54) is 94.2 Å². The summed E-state index contributed by atoms with van der Waals surface area (Å²) >= 11 is 0. The van der Waals surface area contributed by atoms with Crippen LogP contribution in [0.2, 0.25) is 0 Å². The number of carbonyl (C=O) groups excluding carboxylic acids is 3. The van der Waals surface area contributed by atoms with Crippen LogP contribution in [0.5, 0.6) is 28.7 Å². The van der Waals surface area contributed by atoms with Crippen molar-refractivity contribution >= 4 is 23.9 Å². The molecule has 0 bridgehead atoms. The Labute approximate surface area is 407 Å². The summed E-state index contributed by atoms with van der Waals surface area (Å²) in [5.41, 5.74) is 2.24. The Bertz CT molecular complexity index is 2310. The molecule has 0 atom stereocenters. The van der Waals surface area contributed by atoms with Gasteiger partial charge in [-0.3, -0.25) is 4.79 Å². The summed E-state index contributed by atoms with van der Waals surface area (Å²) < 4.78 is 43.0. The Morgan fingerprint density at radius 1 is 0.420 bits per heavy atom. The van der Waals surface area contributed by atoms with E-state index in [-0.39, 0.29) is 29.0 Å². The highest BCUT2D eigenvalue weighted by Crippen LogP contribution is 2.28. The maximum Gasteiger partial charge on any atom is 0.343 e. The molecule has 0 amide bonds. The Kier molecular flexibility index (Phi) is 23.9. The third-order valence-corrected chi connectivity index (χ3v) is 11.8. The third-order valence-electron chi connectivity index (χ3n) is 11.8. The van der Waals surface area contributed by atoms with Crippen LogP contribution in [0, 0.1) is 5.82 Å². The van der Waals surface area contributed by atoms with Crippen molar-refractivity contribution in [2.24, 2.45) is 0 Å². The number of hydrogen-bond donors (Lipinski definition) is 1. The van der Waals surface area contributed by atoms with Gasteiger partial charge in [0.15, 0.2) is 11.6 Å². The van der Waals surface area contributed by atoms with E-state index in [9.17, 15) is 23.6 Å². The van der Waals surface area contributed by atoms with Gasteiger partial charge in [-0.2, -0.15) is 0 Å². The number of aliphatic carboxylic acids is 1. The second kappa shape index (κ2) is 30.8. The Hall–Kier alpha value is -6.49. The van der Waals surface area contributed by atoms with Crippen LogP contribution in [0.4, 0.5) is 4.39 Å². The van der Waals surface area contributed by atoms with E-state index >= 15 is 0 Å². The molecule has 10 nitrogen and oxygen atoms in total. The molecule has 5 aromatic rings. The van der Waals surface area contributed by atoms with Crippen LogP contribution < -0.4 is 23.7 Å². The van der Waals surface area contributed by atoms with E-state index in [1.54, 1.807) is 66.7 Å². The average Bonchev–Trinajstić information content (AvgIpc) is 3.35. The molecule has 0 aromatic heterocycles. The summed E-state index contributed by atoms with van der Waals surface area (Å²) in [5, 5.41) is 8.71. The van der Waals surface area contributed by atoms with Crippen molar-refractivity contribution in [1.82, 2.24) is 0 Å². The zero-order valence-corrected chi connectivity index (χ0v) is 40.2. The highest BCUT2D eigenvalue weighted by molar-refractivity contribution is 5.93. The molecule has 5 rings (SSSR count). The topological polar surface area (TPSA) is 135 Å². The van der Waals surface area contributed by atoms with Crippen molar-refractivity contribution in [3.63, 3.8) is 0 Å². The minimum atomic E-state index is -0.744. The Morgan fingerprint density at radius 3 is 1.38 bits per heavy atom. The first-order valence-corrected chi connectivity index (χ1v) is 25.0. The molecule has 0 spiro atoms. The van der Waals surface area contributed by atoms with E-state index in [4.69, 9.17) is 28.8 Å². The minimum absolute atomic E-state index is 0.0344. The summed E-state index contributed by atoms with van der Waals surface area (Å²) in [6.45, 7) is 3.24. The first-order valence-electron chi connectivity index (χ1n) is 25.0. The molecule has 0 unspecified atom stereocenters. The van der Waals surface area contributed by atoms with Gasteiger partial charge in [0.05, 0.1) is 29.9 Å². The molecule has 0 aliphatic heterocycles. The summed E-state index contributed by atoms with van der Waals surface area (Å²) in [5.74, 6) is -1.57. The number of hydrogen-bond acceptors (Lipinski definition) is 9. The number of esters is 3. The van der Waals surface area contributed by atoms with Gasteiger partial charge in [0, 0.05) is 6.42 Å². The van der Waals surface area contributed by atoms with Crippen LogP contribution in [0.25, 0.3) is 11.1 Å². The second-order valence-corrected chi connectivity index (χ2v) is 17.5. The van der Waals surface area contributed by atoms with Crippen molar-refractivity contribution in [2.75, 3.05) is 13.2 Å². The van der Waals surface area contributed by atoms with Gasteiger partial charge < -0.3 is 28.8 Å². The van der Waals surface area contributed by atoms with E-state index < -0.39 is 29.7 Å². The molecule has 0 fully saturated rings. The number of unbranched alkanes of at least 4 members (excludes halogenated alkanes) is 18. The number of carbonyl (C=O) groups is 4. The molecule has 0 aliphatic rings. The summed E-state index contributed by atoms with van der Waals surface area (Å²) in [6, 6.07) is 30.8. The first-order chi connectivity index (χ1) is 33.7. The van der Waals surface area contributed by atoms with E-state index in [0.717, 1.165) is 87.8 Å². The van der Waals surface area contributed by atoms with Gasteiger partial charge in [0.1, 0.15) is 23.0 Å². The van der Waals surface area contributed by atoms with Crippen LogP contribution in [-0.4, -0.2) is 42.2 Å². The van der Waals surface area contributed by atoms with Gasteiger partial charge in [0.25, 0.3) is 0 Å². The minimum Gasteiger partial charge on any atom is -0.494 e. The van der Waals surface area contributed by atoms with Gasteiger partial charge in [-0.25, -0.2) is 18.8 Å². The lowest BCUT2D eigenvalue weighted by Crippen LogP contribution is -2.11. The van der Waals surface area contributed by atoms with E-state index in [2.05, 4.69) is 6.92 Å². The smallest absolute Gasteiger partial charge is 0.343 e. The van der Waals surface area contributed by atoms with Gasteiger partial charge >= 0.3 is 23.9 Å². The van der Waals surface area contributed by atoms with Gasteiger partial charge in [-0.15, -0.1) is 0 Å². The molecule has 69 heavy (non-hydrogen) atoms. The van der Waals surface area contributed by atoms with Crippen molar-refractivity contribution in [3.05, 3.63) is 138 Å². The lowest BCUT2D eigenvalue weighted by Gasteiger charge is -2.10. The predicted octanol–water partition coefficient (Wildman–Crippen LogP) is 15.2. The fourth-order valence-electron chi connectivity index (χ4n) is 7.80. The quantitative estimate of drug-likeness (QED) is 0.0246. The molecule has 0 saturated heterocycles. The average molecular weight is 945 g/mol. The van der Waals surface area contributed by atoms with Crippen LogP contribution >= 0.6 is 0 Å². The standard InChI is InChI=1S/C58H69FO10/c1-2-3-4-5-6-7-8-9-11-15-18-21-41-66-54-39-32-48(43-53(54)59)58(64)68-51-37-30-46(31-38-51)57(63)69-52-24-22-23-47(42-52)44-26-35-50(36-27-44)67-56(62)45-28-33-49(34-29-45)65-40-20-17-14-12-10-13-16-19-25-55(60)61/h22-24,26-39,42-43H,2-21,25,40-41H2,1H3,(H,60,61). The summed E-state index contributed by atoms with van der Waals surface area (Å²) in [6.07, 6.45) is 23.2. The number of ether oxygens (including phenoxy) is 5. The number of carboxylic acid groups (broad SMARTS) is 1. The molecule has 0 radical (unpaired) electrons. The zero-order chi connectivity index (χ0) is 48.9. The Morgan fingerprint density at radius 2 is 0.855 bits per heavy atom. The fraction of sp³-hybridized carbons (Fsp3) is 0.414. The first kappa shape index (κ1) is 53.5. The highest BCUT2D eigenvalue weighted by Gasteiger charge is 2.16. The molecule has 368 valence electrons. The van der Waals surface area contributed by atoms with Gasteiger partial charge in [-0.1, -0.05) is 140 Å². The van der Waals surface area contributed by atoms with E-state index in [1.807, 2.05) is 6.07 Å². The molecule has 5 aromatic carbocycles. The molecule has 0 aliphatic carbocycles. The Balaban J connectivity index is 0.978. The second-order valence-electron chi connectivity index (χ2n) is 17.5. The van der Waals surface area contributed by atoms with Crippen LogP contribution in [-0.2, 0) is 4.79 Å². The highest BCUT2D eigenvalue weighted by atomic mass is 19.1. The molecular formula is C58H69FO10. The van der Waals surface area contributed by atoms with Gasteiger partial charge in [-0.05, 0) is 121 Å². The molecule has 0 heterocycles. The van der Waals surface area contributed by atoms with Crippen LogP contribution in [0.3, 0.4) is 0 Å². The molecule has 0 saturated carbocycles. The van der Waals surface area contributed by atoms with Gasteiger partial charge in [0.2, 0.25) is 0 Å². The fourth-order valence-corrected chi connectivity index (χ4v) is 7.80. The SMILES string of the molecule is CCCCCCCCCCCCCCOc1ccc(C(=O)Oc2ccc(C(=O)Oc3cccc(-c4ccc(OC(=O)c5ccc(OCCCCCCCCCCC(=O)O)cc5)cc4)c3)cc2)cc1F. The monoisotopic (exact) mass is 944 g/mol. The maximum atomic E-state index is 14.8. The number of rotatable bonds is 33. The third kappa shape index (κ3) is 20.3. The van der Waals surface area contributed by atoms with Crippen molar-refractivity contribution in [1.29, 1.82) is 0 Å². The normalized spacial score (nSPS) is 10.9. The molecule has 1 N–H and O–H groups in total. The summed E-state index contributed by atoms with van der Waals surface area (Å²) in [7, 11) is 0. The largest absolute Gasteiger partial charge is 0.494 e. The van der Waals surface area contributed by atoms with Crippen LogP contribution in [0.1, 0.15) is 173 Å². The number of halogens is 1. The molecular weight excluding hydrogens is 876 g/mol. The number of benzene rings is 5. The predicted molar refractivity (Wildman–Crippen MR) is 267 cm³/mol. The van der Waals surface area contributed by atoms with Crippen molar-refractivity contribution in [3.8, 4) is 39.9 Å².